The summed E-state index contributed by atoms with van der Waals surface area (Å²) < 4.78 is 0.674. The van der Waals surface area contributed by atoms with Crippen LogP contribution >= 0.6 is 0 Å². The second-order valence-corrected chi connectivity index (χ2v) is 7.10. The van der Waals surface area contributed by atoms with E-state index in [2.05, 4.69) is 32.9 Å². The zero-order valence-corrected chi connectivity index (χ0v) is 15.3. The van der Waals surface area contributed by atoms with Crippen molar-refractivity contribution in [1.29, 1.82) is 0 Å². The number of nitrogens with zero attached hydrogens (tertiary/aromatic N) is 1. The molecular weight excluding hydrogens is 272 g/mol. The smallest absolute Gasteiger partial charge is 0.275 e. The van der Waals surface area contributed by atoms with Gasteiger partial charge >= 0.3 is 0 Å². The van der Waals surface area contributed by atoms with Gasteiger partial charge in [0.15, 0.2) is 6.54 Å². The highest BCUT2D eigenvalue weighted by Gasteiger charge is 2.17. The van der Waals surface area contributed by atoms with Gasteiger partial charge in [-0.2, -0.15) is 0 Å². The second-order valence-electron chi connectivity index (χ2n) is 7.10. The number of quaternary nitrogens is 1. The van der Waals surface area contributed by atoms with E-state index < -0.39 is 0 Å². The quantitative estimate of drug-likeness (QED) is 0.273. The molecule has 0 atom stereocenters. The van der Waals surface area contributed by atoms with Crippen LogP contribution in [-0.4, -0.2) is 44.1 Å². The van der Waals surface area contributed by atoms with Crippen LogP contribution < -0.4 is 5.32 Å². The van der Waals surface area contributed by atoms with Crippen molar-refractivity contribution in [2.75, 3.05) is 33.7 Å². The molecule has 3 nitrogen and oxygen atoms in total. The van der Waals surface area contributed by atoms with Gasteiger partial charge in [0.1, 0.15) is 0 Å². The molecule has 0 spiro atoms. The molecular formula is C19H39N2O+. The summed E-state index contributed by atoms with van der Waals surface area (Å²) in [6.07, 6.45) is 15.2. The highest BCUT2D eigenvalue weighted by molar-refractivity contribution is 5.77. The standard InChI is InChI=1S/C19H38N2O/c1-5-7-8-9-10-11-12-13-14-15-16-20-19(22)18-21(3,4)17-6-2/h6H,2,5,7-18H2,1,3-4H3/p+1. The summed E-state index contributed by atoms with van der Waals surface area (Å²) in [7, 11) is 4.11. The van der Waals surface area contributed by atoms with E-state index in [0.29, 0.717) is 11.0 Å². The summed E-state index contributed by atoms with van der Waals surface area (Å²) in [5.41, 5.74) is 0. The Morgan fingerprint density at radius 1 is 0.955 bits per heavy atom. The molecule has 0 aromatic rings. The molecule has 0 bridgehead atoms. The van der Waals surface area contributed by atoms with Gasteiger partial charge < -0.3 is 9.80 Å². The SMILES string of the molecule is C=CC[N+](C)(C)CC(=O)NCCCCCCCCCCCC. The molecule has 0 aliphatic carbocycles. The van der Waals surface area contributed by atoms with Gasteiger partial charge in [0, 0.05) is 6.54 Å². The molecule has 0 saturated heterocycles. The number of likely N-dealkylation sites (N-methyl/N-ethyl adjacent to an activating group) is 1. The number of carbonyl (C=O) groups is 1. The number of rotatable bonds is 15. The van der Waals surface area contributed by atoms with Crippen molar-refractivity contribution in [2.45, 2.75) is 71.1 Å². The van der Waals surface area contributed by atoms with Gasteiger partial charge in [-0.1, -0.05) is 71.3 Å². The largest absolute Gasteiger partial charge is 0.351 e. The minimum absolute atomic E-state index is 0.155. The van der Waals surface area contributed by atoms with E-state index in [-0.39, 0.29) is 5.91 Å². The van der Waals surface area contributed by atoms with E-state index in [9.17, 15) is 4.79 Å². The molecule has 0 saturated carbocycles. The first-order chi connectivity index (χ1) is 10.5. The molecule has 22 heavy (non-hydrogen) atoms. The number of carbonyl (C=O) groups excluding carboxylic acids is 1. The van der Waals surface area contributed by atoms with Crippen molar-refractivity contribution in [3.63, 3.8) is 0 Å². The Balaban J connectivity index is 3.35. The van der Waals surface area contributed by atoms with Crippen LogP contribution in [0.5, 0.6) is 0 Å². The second kappa shape index (κ2) is 13.8. The number of unbranched alkanes of at least 4 members (excludes halogenated alkanes) is 9. The van der Waals surface area contributed by atoms with Gasteiger partial charge in [0.2, 0.25) is 0 Å². The van der Waals surface area contributed by atoms with E-state index in [1.54, 1.807) is 0 Å². The highest BCUT2D eigenvalue weighted by atomic mass is 16.2. The lowest BCUT2D eigenvalue weighted by Crippen LogP contribution is -2.47. The minimum atomic E-state index is 0.155. The highest BCUT2D eigenvalue weighted by Crippen LogP contribution is 2.10. The fourth-order valence-corrected chi connectivity index (χ4v) is 2.70. The van der Waals surface area contributed by atoms with Crippen molar-refractivity contribution in [2.24, 2.45) is 0 Å². The third-order valence-electron chi connectivity index (χ3n) is 4.05. The Morgan fingerprint density at radius 3 is 1.95 bits per heavy atom. The zero-order valence-electron chi connectivity index (χ0n) is 15.3. The summed E-state index contributed by atoms with van der Waals surface area (Å²) in [6.45, 7) is 8.18. The molecule has 0 unspecified atom stereocenters. The Morgan fingerprint density at radius 2 is 1.45 bits per heavy atom. The van der Waals surface area contributed by atoms with E-state index in [1.807, 2.05) is 6.08 Å². The summed E-state index contributed by atoms with van der Waals surface area (Å²) in [4.78, 5) is 11.8. The lowest BCUT2D eigenvalue weighted by Gasteiger charge is -2.27. The molecule has 0 radical (unpaired) electrons. The van der Waals surface area contributed by atoms with Gasteiger partial charge in [-0.05, 0) is 12.5 Å². The lowest BCUT2D eigenvalue weighted by atomic mass is 10.1. The molecule has 1 N–H and O–H groups in total. The Hall–Kier alpha value is -0.830. The topological polar surface area (TPSA) is 29.1 Å². The average Bonchev–Trinajstić information content (AvgIpc) is 2.44. The van der Waals surface area contributed by atoms with Gasteiger partial charge in [0.05, 0.1) is 20.6 Å². The van der Waals surface area contributed by atoms with Gasteiger partial charge in [-0.15, -0.1) is 0 Å². The van der Waals surface area contributed by atoms with Crippen molar-refractivity contribution in [3.8, 4) is 0 Å². The van der Waals surface area contributed by atoms with Crippen LogP contribution in [0, 0.1) is 0 Å². The molecule has 0 fully saturated rings. The Kier molecular flexibility index (Phi) is 13.3. The lowest BCUT2D eigenvalue weighted by molar-refractivity contribution is -0.876. The van der Waals surface area contributed by atoms with Crippen LogP contribution in [0.2, 0.25) is 0 Å². The third kappa shape index (κ3) is 14.1. The van der Waals surface area contributed by atoms with E-state index >= 15 is 0 Å². The molecule has 130 valence electrons. The van der Waals surface area contributed by atoms with Crippen LogP contribution in [-0.2, 0) is 4.79 Å². The summed E-state index contributed by atoms with van der Waals surface area (Å²) in [5.74, 6) is 0.155. The van der Waals surface area contributed by atoms with E-state index in [0.717, 1.165) is 19.5 Å². The Bertz CT molecular complexity index is 287. The predicted octanol–water partition coefficient (Wildman–Crippen LogP) is 4.29. The summed E-state index contributed by atoms with van der Waals surface area (Å²) in [5, 5.41) is 3.03. The van der Waals surface area contributed by atoms with Crippen LogP contribution in [0.15, 0.2) is 12.7 Å². The minimum Gasteiger partial charge on any atom is -0.351 e. The molecule has 3 heteroatoms. The monoisotopic (exact) mass is 311 g/mol. The normalized spacial score (nSPS) is 11.4. The predicted molar refractivity (Wildman–Crippen MR) is 96.9 cm³/mol. The van der Waals surface area contributed by atoms with Crippen molar-refractivity contribution in [3.05, 3.63) is 12.7 Å². The van der Waals surface area contributed by atoms with Crippen molar-refractivity contribution >= 4 is 5.91 Å². The Labute approximate surface area is 138 Å². The molecule has 0 rings (SSSR count). The third-order valence-corrected chi connectivity index (χ3v) is 4.05. The zero-order chi connectivity index (χ0) is 16.7. The summed E-state index contributed by atoms with van der Waals surface area (Å²) in [6, 6.07) is 0. The molecule has 0 aromatic carbocycles. The molecule has 0 aliphatic heterocycles. The van der Waals surface area contributed by atoms with Crippen LogP contribution in [0.1, 0.15) is 71.1 Å². The average molecular weight is 312 g/mol. The maximum absolute atomic E-state index is 11.8. The molecule has 0 aliphatic rings. The maximum Gasteiger partial charge on any atom is 0.275 e. The maximum atomic E-state index is 11.8. The fraction of sp³-hybridized carbons (Fsp3) is 0.842. The molecule has 0 heterocycles. The summed E-state index contributed by atoms with van der Waals surface area (Å²) >= 11 is 0. The van der Waals surface area contributed by atoms with Crippen molar-refractivity contribution in [1.82, 2.24) is 5.32 Å². The van der Waals surface area contributed by atoms with Gasteiger partial charge in [-0.3, -0.25) is 4.79 Å². The number of hydrogen-bond donors (Lipinski definition) is 1. The first-order valence-electron chi connectivity index (χ1n) is 9.21. The van der Waals surface area contributed by atoms with E-state index in [4.69, 9.17) is 0 Å². The molecule has 0 aromatic heterocycles. The first-order valence-corrected chi connectivity index (χ1v) is 9.21. The first kappa shape index (κ1) is 21.2. The van der Waals surface area contributed by atoms with Crippen LogP contribution in [0.3, 0.4) is 0 Å². The number of nitrogens with one attached hydrogen (secondary N) is 1. The van der Waals surface area contributed by atoms with Gasteiger partial charge in [-0.25, -0.2) is 0 Å². The molecule has 1 amide bonds. The van der Waals surface area contributed by atoms with Crippen molar-refractivity contribution < 1.29 is 9.28 Å². The fourth-order valence-electron chi connectivity index (χ4n) is 2.70. The van der Waals surface area contributed by atoms with Crippen LogP contribution in [0.25, 0.3) is 0 Å². The number of hydrogen-bond acceptors (Lipinski definition) is 1. The van der Waals surface area contributed by atoms with Gasteiger partial charge in [0.25, 0.3) is 5.91 Å². The van der Waals surface area contributed by atoms with Crippen LogP contribution in [0.4, 0.5) is 0 Å². The van der Waals surface area contributed by atoms with E-state index in [1.165, 1.54) is 57.8 Å². The number of amides is 1.